The number of carbonyl (C=O) groups excluding carboxylic acids is 1. The number of isothiocyanates is 1. The first kappa shape index (κ1) is 11.0. The fraction of sp³-hybridized carbons (Fsp3) is 0.833. The van der Waals surface area contributed by atoms with Crippen molar-refractivity contribution in [2.24, 2.45) is 22.7 Å². The lowest BCUT2D eigenvalue weighted by atomic mass is 9.67. The van der Waals surface area contributed by atoms with Crippen LogP contribution in [-0.4, -0.2) is 11.1 Å². The van der Waals surface area contributed by atoms with E-state index in [2.05, 4.69) is 22.4 Å². The van der Waals surface area contributed by atoms with Gasteiger partial charge in [-0.05, 0) is 43.3 Å². The highest BCUT2D eigenvalue weighted by Gasteiger charge is 2.34. The molecule has 2 aliphatic carbocycles. The van der Waals surface area contributed by atoms with Gasteiger partial charge in [-0.2, -0.15) is 4.99 Å². The van der Waals surface area contributed by atoms with E-state index in [9.17, 15) is 4.79 Å². The van der Waals surface area contributed by atoms with E-state index in [0.29, 0.717) is 0 Å². The van der Waals surface area contributed by atoms with Crippen LogP contribution < -0.4 is 0 Å². The molecule has 0 radical (unpaired) electrons. The number of amides is 1. The molecule has 0 heterocycles. The Kier molecular flexibility index (Phi) is 3.66. The topological polar surface area (TPSA) is 29.4 Å². The molecule has 3 heteroatoms. The minimum absolute atomic E-state index is 0.0333. The fourth-order valence-electron chi connectivity index (χ4n) is 3.23. The third kappa shape index (κ3) is 2.53. The molecule has 0 bridgehead atoms. The van der Waals surface area contributed by atoms with Crippen LogP contribution in [0.2, 0.25) is 0 Å². The second-order valence-corrected chi connectivity index (χ2v) is 5.04. The van der Waals surface area contributed by atoms with Gasteiger partial charge < -0.3 is 0 Å². The van der Waals surface area contributed by atoms with E-state index in [1.165, 1.54) is 32.1 Å². The molecule has 2 saturated carbocycles. The molecule has 1 amide bonds. The van der Waals surface area contributed by atoms with Crippen LogP contribution in [0.1, 0.15) is 44.9 Å². The van der Waals surface area contributed by atoms with Crippen molar-refractivity contribution in [2.45, 2.75) is 44.9 Å². The first-order valence-corrected chi connectivity index (χ1v) is 6.34. The predicted octanol–water partition coefficient (Wildman–Crippen LogP) is 3.22. The van der Waals surface area contributed by atoms with Gasteiger partial charge in [0.05, 0.1) is 5.16 Å². The maximum atomic E-state index is 11.6. The molecule has 2 aliphatic rings. The molecule has 0 aromatic heterocycles. The molecule has 82 valence electrons. The third-order valence-electron chi connectivity index (χ3n) is 4.04. The zero-order valence-corrected chi connectivity index (χ0v) is 9.76. The van der Waals surface area contributed by atoms with Crippen molar-refractivity contribution < 1.29 is 4.79 Å². The first-order valence-electron chi connectivity index (χ1n) is 5.93. The van der Waals surface area contributed by atoms with Gasteiger partial charge in [0.15, 0.2) is 0 Å². The lowest BCUT2D eigenvalue weighted by Crippen LogP contribution is -2.30. The van der Waals surface area contributed by atoms with Crippen LogP contribution in [0.25, 0.3) is 0 Å². The van der Waals surface area contributed by atoms with Gasteiger partial charge >= 0.3 is 0 Å². The predicted molar refractivity (Wildman–Crippen MR) is 62.8 cm³/mol. The number of hydrogen-bond donors (Lipinski definition) is 0. The van der Waals surface area contributed by atoms with Crippen molar-refractivity contribution >= 4 is 23.3 Å². The first-order chi connectivity index (χ1) is 7.31. The summed E-state index contributed by atoms with van der Waals surface area (Å²) in [4.78, 5) is 15.2. The smallest absolute Gasteiger partial charge is 0.257 e. The molecule has 0 aromatic rings. The van der Waals surface area contributed by atoms with Crippen LogP contribution in [0.3, 0.4) is 0 Å². The van der Waals surface area contributed by atoms with Crippen LogP contribution in [-0.2, 0) is 4.79 Å². The standard InChI is InChI=1S/C12H17NOS/c14-12(13-8-15)11-6-5-9-3-1-2-4-10(9)7-11/h9-11H,1-7H2. The minimum Gasteiger partial charge on any atom is -0.272 e. The quantitative estimate of drug-likeness (QED) is 0.504. The number of nitrogens with zero attached hydrogens (tertiary/aromatic N) is 1. The fourth-order valence-corrected chi connectivity index (χ4v) is 3.32. The van der Waals surface area contributed by atoms with Gasteiger partial charge in [0.1, 0.15) is 0 Å². The van der Waals surface area contributed by atoms with Crippen LogP contribution in [0.15, 0.2) is 4.99 Å². The summed E-state index contributed by atoms with van der Waals surface area (Å²) in [6, 6.07) is 0. The minimum atomic E-state index is -0.0333. The van der Waals surface area contributed by atoms with Crippen LogP contribution in [0.5, 0.6) is 0 Å². The second kappa shape index (κ2) is 5.00. The second-order valence-electron chi connectivity index (χ2n) is 4.86. The Bertz CT molecular complexity index is 296. The number of hydrogen-bond acceptors (Lipinski definition) is 2. The van der Waals surface area contributed by atoms with Gasteiger partial charge in [-0.25, -0.2) is 0 Å². The summed E-state index contributed by atoms with van der Waals surface area (Å²) < 4.78 is 0. The molecular weight excluding hydrogens is 206 g/mol. The summed E-state index contributed by atoms with van der Waals surface area (Å²) >= 11 is 4.48. The van der Waals surface area contributed by atoms with Gasteiger partial charge in [0.25, 0.3) is 5.91 Å². The van der Waals surface area contributed by atoms with Crippen molar-refractivity contribution in [3.8, 4) is 0 Å². The van der Waals surface area contributed by atoms with Gasteiger partial charge in [-0.1, -0.05) is 25.7 Å². The lowest BCUT2D eigenvalue weighted by molar-refractivity contribution is -0.123. The van der Waals surface area contributed by atoms with E-state index in [0.717, 1.165) is 24.7 Å². The molecule has 2 fully saturated rings. The average molecular weight is 223 g/mol. The van der Waals surface area contributed by atoms with E-state index >= 15 is 0 Å². The molecule has 0 aromatic carbocycles. The van der Waals surface area contributed by atoms with E-state index in [1.807, 2.05) is 0 Å². The van der Waals surface area contributed by atoms with Crippen LogP contribution in [0, 0.1) is 17.8 Å². The maximum absolute atomic E-state index is 11.6. The molecule has 3 unspecified atom stereocenters. The Hall–Kier alpha value is -0.530. The number of aliphatic imine (C=N–C) groups is 1. The van der Waals surface area contributed by atoms with Gasteiger partial charge in [-0.3, -0.25) is 4.79 Å². The van der Waals surface area contributed by atoms with E-state index in [4.69, 9.17) is 0 Å². The summed E-state index contributed by atoms with van der Waals surface area (Å²) in [5.74, 6) is 1.77. The van der Waals surface area contributed by atoms with E-state index in [1.54, 1.807) is 0 Å². The van der Waals surface area contributed by atoms with Gasteiger partial charge in [0, 0.05) is 5.92 Å². The monoisotopic (exact) mass is 223 g/mol. The molecule has 2 rings (SSSR count). The highest BCUT2D eigenvalue weighted by molar-refractivity contribution is 7.78. The zero-order chi connectivity index (χ0) is 10.7. The number of fused-ring (bicyclic) bond motifs is 1. The summed E-state index contributed by atoms with van der Waals surface area (Å²) in [5.41, 5.74) is 0. The summed E-state index contributed by atoms with van der Waals surface area (Å²) in [5, 5.41) is 2.20. The Morgan fingerprint density at radius 1 is 1.13 bits per heavy atom. The average Bonchev–Trinajstić information content (AvgIpc) is 2.29. The molecule has 0 N–H and O–H groups in total. The third-order valence-corrected chi connectivity index (χ3v) is 4.14. The Balaban J connectivity index is 1.96. The number of thiocarbonyl (C=S) groups is 1. The Labute approximate surface area is 96.2 Å². The van der Waals surface area contributed by atoms with Crippen molar-refractivity contribution in [3.05, 3.63) is 0 Å². The van der Waals surface area contributed by atoms with Gasteiger partial charge in [0.2, 0.25) is 0 Å². The van der Waals surface area contributed by atoms with E-state index in [-0.39, 0.29) is 11.8 Å². The van der Waals surface area contributed by atoms with Crippen LogP contribution in [0.4, 0.5) is 0 Å². The van der Waals surface area contributed by atoms with Crippen molar-refractivity contribution in [3.63, 3.8) is 0 Å². The normalized spacial score (nSPS) is 35.1. The molecule has 2 nitrogen and oxygen atoms in total. The Morgan fingerprint density at radius 3 is 2.60 bits per heavy atom. The summed E-state index contributed by atoms with van der Waals surface area (Å²) in [6.45, 7) is 0. The summed E-state index contributed by atoms with van der Waals surface area (Å²) in [7, 11) is 0. The number of carbonyl (C=O) groups is 1. The largest absolute Gasteiger partial charge is 0.272 e. The zero-order valence-electron chi connectivity index (χ0n) is 8.95. The van der Waals surface area contributed by atoms with Crippen molar-refractivity contribution in [2.75, 3.05) is 0 Å². The summed E-state index contributed by atoms with van der Waals surface area (Å²) in [6.07, 6.45) is 8.70. The molecule has 0 spiro atoms. The lowest BCUT2D eigenvalue weighted by Gasteiger charge is -2.38. The van der Waals surface area contributed by atoms with Gasteiger partial charge in [-0.15, -0.1) is 0 Å². The Morgan fingerprint density at radius 2 is 1.87 bits per heavy atom. The molecule has 3 atom stereocenters. The maximum Gasteiger partial charge on any atom is 0.257 e. The van der Waals surface area contributed by atoms with Crippen molar-refractivity contribution in [1.82, 2.24) is 0 Å². The number of rotatable bonds is 1. The molecule has 0 aliphatic heterocycles. The SMILES string of the molecule is O=C(N=C=S)C1CCC2CCCCC2C1. The van der Waals surface area contributed by atoms with E-state index < -0.39 is 0 Å². The molecule has 15 heavy (non-hydrogen) atoms. The molecule has 0 saturated heterocycles. The van der Waals surface area contributed by atoms with Crippen LogP contribution >= 0.6 is 12.2 Å². The highest BCUT2D eigenvalue weighted by atomic mass is 32.1. The van der Waals surface area contributed by atoms with Crippen molar-refractivity contribution in [1.29, 1.82) is 0 Å². The highest BCUT2D eigenvalue weighted by Crippen LogP contribution is 2.42. The molecular formula is C12H17NOS.